The molecule has 0 unspecified atom stereocenters. The van der Waals surface area contributed by atoms with Gasteiger partial charge in [0.05, 0.1) is 6.54 Å². The number of carbonyl (C=O) groups is 1. The molecule has 1 fully saturated rings. The minimum Gasteiger partial charge on any atom is -0.360 e. The third-order valence-electron chi connectivity index (χ3n) is 4.02. The molecule has 0 saturated carbocycles. The zero-order chi connectivity index (χ0) is 15.4. The zero-order valence-corrected chi connectivity index (χ0v) is 13.6. The van der Waals surface area contributed by atoms with E-state index in [1.165, 1.54) is 11.1 Å². The third kappa shape index (κ3) is 4.21. The second kappa shape index (κ2) is 6.94. The summed E-state index contributed by atoms with van der Waals surface area (Å²) in [5, 5.41) is 3.48. The first-order chi connectivity index (χ1) is 9.97. The summed E-state index contributed by atoms with van der Waals surface area (Å²) in [4.78, 5) is 15.8. The van der Waals surface area contributed by atoms with Crippen LogP contribution >= 0.6 is 0 Å². The summed E-state index contributed by atoms with van der Waals surface area (Å²) in [5.74, 6) is 0.863. The molecule has 0 spiro atoms. The minimum absolute atomic E-state index is 0.196. The maximum atomic E-state index is 11.8. The monoisotopic (exact) mass is 289 g/mol. The van der Waals surface area contributed by atoms with E-state index in [-0.39, 0.29) is 5.91 Å². The van der Waals surface area contributed by atoms with Gasteiger partial charge >= 0.3 is 0 Å². The second-order valence-corrected chi connectivity index (χ2v) is 6.37. The molecule has 2 rings (SSSR count). The molecule has 1 aromatic rings. The van der Waals surface area contributed by atoms with Gasteiger partial charge in [0.1, 0.15) is 0 Å². The van der Waals surface area contributed by atoms with Gasteiger partial charge in [-0.15, -0.1) is 0 Å². The first kappa shape index (κ1) is 15.8. The molecule has 21 heavy (non-hydrogen) atoms. The normalized spacial score (nSPS) is 16.0. The van der Waals surface area contributed by atoms with Crippen molar-refractivity contribution in [3.8, 4) is 0 Å². The van der Waals surface area contributed by atoms with E-state index >= 15 is 0 Å². The standard InChI is InChI=1S/C17H27N3O/c1-13(2)10-18-11-15-5-6-16(9-14(15)3)20-8-7-19(4)17(21)12-20/h5-6,9,13,18H,7-8,10-12H2,1-4H3. The predicted octanol–water partition coefficient (Wildman–Crippen LogP) is 2.02. The lowest BCUT2D eigenvalue weighted by Gasteiger charge is -2.33. The Morgan fingerprint density at radius 3 is 2.67 bits per heavy atom. The number of anilines is 1. The number of amides is 1. The summed E-state index contributed by atoms with van der Waals surface area (Å²) in [6.07, 6.45) is 0. The van der Waals surface area contributed by atoms with E-state index < -0.39 is 0 Å². The highest BCUT2D eigenvalue weighted by molar-refractivity contribution is 5.82. The minimum atomic E-state index is 0.196. The van der Waals surface area contributed by atoms with Crippen molar-refractivity contribution in [2.75, 3.05) is 38.1 Å². The molecule has 0 radical (unpaired) electrons. The number of hydrogen-bond acceptors (Lipinski definition) is 3. The summed E-state index contributed by atoms with van der Waals surface area (Å²) < 4.78 is 0. The van der Waals surface area contributed by atoms with Gasteiger partial charge in [0.25, 0.3) is 0 Å². The van der Waals surface area contributed by atoms with Gasteiger partial charge in [0.2, 0.25) is 5.91 Å². The van der Waals surface area contributed by atoms with Crippen molar-refractivity contribution in [3.05, 3.63) is 29.3 Å². The highest BCUT2D eigenvalue weighted by Crippen LogP contribution is 2.20. The van der Waals surface area contributed by atoms with Crippen LogP contribution in [-0.2, 0) is 11.3 Å². The van der Waals surface area contributed by atoms with Crippen LogP contribution in [0.25, 0.3) is 0 Å². The Morgan fingerprint density at radius 2 is 2.05 bits per heavy atom. The number of piperazine rings is 1. The number of rotatable bonds is 5. The molecule has 0 atom stereocenters. The molecule has 1 aliphatic rings. The number of hydrogen-bond donors (Lipinski definition) is 1. The quantitative estimate of drug-likeness (QED) is 0.901. The number of nitrogens with zero attached hydrogens (tertiary/aromatic N) is 2. The van der Waals surface area contributed by atoms with Crippen LogP contribution in [0.1, 0.15) is 25.0 Å². The lowest BCUT2D eigenvalue weighted by Crippen LogP contribution is -2.48. The summed E-state index contributed by atoms with van der Waals surface area (Å²) in [6, 6.07) is 6.52. The summed E-state index contributed by atoms with van der Waals surface area (Å²) in [5.41, 5.74) is 3.77. The van der Waals surface area contributed by atoms with Gasteiger partial charge in [-0.25, -0.2) is 0 Å². The lowest BCUT2D eigenvalue weighted by molar-refractivity contribution is -0.129. The molecular formula is C17H27N3O. The Balaban J connectivity index is 2.00. The Labute approximate surface area is 128 Å². The predicted molar refractivity (Wildman–Crippen MR) is 87.6 cm³/mol. The number of aryl methyl sites for hydroxylation is 1. The van der Waals surface area contributed by atoms with Crippen molar-refractivity contribution in [3.63, 3.8) is 0 Å². The van der Waals surface area contributed by atoms with Crippen LogP contribution in [0.3, 0.4) is 0 Å². The van der Waals surface area contributed by atoms with Gasteiger partial charge in [-0.1, -0.05) is 19.9 Å². The molecule has 4 nitrogen and oxygen atoms in total. The van der Waals surface area contributed by atoms with E-state index in [2.05, 4.69) is 49.2 Å². The van der Waals surface area contributed by atoms with Crippen molar-refractivity contribution >= 4 is 11.6 Å². The average Bonchev–Trinajstić information content (AvgIpc) is 2.43. The maximum Gasteiger partial charge on any atom is 0.241 e. The average molecular weight is 289 g/mol. The van der Waals surface area contributed by atoms with Gasteiger partial charge < -0.3 is 15.1 Å². The van der Waals surface area contributed by atoms with Gasteiger partial charge in [0.15, 0.2) is 0 Å². The molecule has 1 aliphatic heterocycles. The van der Waals surface area contributed by atoms with Gasteiger partial charge in [-0.05, 0) is 42.6 Å². The van der Waals surface area contributed by atoms with Crippen molar-refractivity contribution < 1.29 is 4.79 Å². The smallest absolute Gasteiger partial charge is 0.241 e. The molecule has 116 valence electrons. The molecule has 1 aromatic carbocycles. The highest BCUT2D eigenvalue weighted by atomic mass is 16.2. The molecule has 1 saturated heterocycles. The molecule has 0 bridgehead atoms. The second-order valence-electron chi connectivity index (χ2n) is 6.37. The van der Waals surface area contributed by atoms with Crippen LogP contribution in [0, 0.1) is 12.8 Å². The Kier molecular flexibility index (Phi) is 5.23. The van der Waals surface area contributed by atoms with E-state index in [0.717, 1.165) is 31.9 Å². The molecule has 1 heterocycles. The van der Waals surface area contributed by atoms with Crippen LogP contribution in [0.5, 0.6) is 0 Å². The Morgan fingerprint density at radius 1 is 1.29 bits per heavy atom. The SMILES string of the molecule is Cc1cc(N2CCN(C)C(=O)C2)ccc1CNCC(C)C. The van der Waals surface area contributed by atoms with Crippen molar-refractivity contribution in [1.82, 2.24) is 10.2 Å². The number of likely N-dealkylation sites (N-methyl/N-ethyl adjacent to an activating group) is 1. The fraction of sp³-hybridized carbons (Fsp3) is 0.588. The van der Waals surface area contributed by atoms with E-state index in [0.29, 0.717) is 12.5 Å². The maximum absolute atomic E-state index is 11.8. The number of benzene rings is 1. The van der Waals surface area contributed by atoms with Crippen molar-refractivity contribution in [1.29, 1.82) is 0 Å². The number of carbonyl (C=O) groups excluding carboxylic acids is 1. The van der Waals surface area contributed by atoms with Crippen LogP contribution in [-0.4, -0.2) is 44.0 Å². The van der Waals surface area contributed by atoms with Gasteiger partial charge in [-0.3, -0.25) is 4.79 Å². The topological polar surface area (TPSA) is 35.6 Å². The molecule has 0 aromatic heterocycles. The summed E-state index contributed by atoms with van der Waals surface area (Å²) >= 11 is 0. The molecule has 1 N–H and O–H groups in total. The van der Waals surface area contributed by atoms with E-state index in [1.54, 1.807) is 4.90 Å². The summed E-state index contributed by atoms with van der Waals surface area (Å²) in [7, 11) is 1.87. The zero-order valence-electron chi connectivity index (χ0n) is 13.6. The van der Waals surface area contributed by atoms with Crippen molar-refractivity contribution in [2.45, 2.75) is 27.3 Å². The number of nitrogens with one attached hydrogen (secondary N) is 1. The van der Waals surface area contributed by atoms with Crippen LogP contribution in [0.2, 0.25) is 0 Å². The lowest BCUT2D eigenvalue weighted by atomic mass is 10.1. The molecular weight excluding hydrogens is 262 g/mol. The van der Waals surface area contributed by atoms with E-state index in [9.17, 15) is 4.79 Å². The molecule has 0 aliphatic carbocycles. The van der Waals surface area contributed by atoms with Crippen LogP contribution in [0.4, 0.5) is 5.69 Å². The van der Waals surface area contributed by atoms with Gasteiger partial charge in [0, 0.05) is 32.4 Å². The van der Waals surface area contributed by atoms with Gasteiger partial charge in [-0.2, -0.15) is 0 Å². The van der Waals surface area contributed by atoms with Crippen LogP contribution in [0.15, 0.2) is 18.2 Å². The fourth-order valence-corrected chi connectivity index (χ4v) is 2.55. The molecule has 1 amide bonds. The Bertz CT molecular complexity index is 499. The van der Waals surface area contributed by atoms with E-state index in [4.69, 9.17) is 0 Å². The third-order valence-corrected chi connectivity index (χ3v) is 4.02. The summed E-state index contributed by atoms with van der Waals surface area (Å²) in [6.45, 7) is 10.7. The van der Waals surface area contributed by atoms with Crippen molar-refractivity contribution in [2.24, 2.45) is 5.92 Å². The molecule has 4 heteroatoms. The van der Waals surface area contributed by atoms with E-state index in [1.807, 2.05) is 7.05 Å². The van der Waals surface area contributed by atoms with Crippen LogP contribution < -0.4 is 10.2 Å². The fourth-order valence-electron chi connectivity index (χ4n) is 2.55. The highest BCUT2D eigenvalue weighted by Gasteiger charge is 2.21. The first-order valence-corrected chi connectivity index (χ1v) is 7.76. The first-order valence-electron chi connectivity index (χ1n) is 7.76. The Hall–Kier alpha value is -1.55. The largest absolute Gasteiger partial charge is 0.360 e.